The van der Waals surface area contributed by atoms with Gasteiger partial charge in [0.05, 0.1) is 5.56 Å². The van der Waals surface area contributed by atoms with Crippen molar-refractivity contribution < 1.29 is 17.9 Å². The Kier molecular flexibility index (Phi) is 5.92. The normalized spacial score (nSPS) is 11.5. The molecule has 0 radical (unpaired) electrons. The minimum Gasteiger partial charge on any atom is -0.361 e. The quantitative estimate of drug-likeness (QED) is 0.643. The molecule has 2 rings (SSSR count). The number of unbranched alkanes of at least 4 members (excludes halogenated alkanes) is 1. The minimum absolute atomic E-state index is 0.0521. The average molecular weight is 357 g/mol. The fourth-order valence-electron chi connectivity index (χ4n) is 2.37. The van der Waals surface area contributed by atoms with Crippen molar-refractivity contribution in [2.75, 3.05) is 6.61 Å². The van der Waals surface area contributed by atoms with Crippen LogP contribution in [0.15, 0.2) is 30.5 Å². The van der Waals surface area contributed by atoms with Gasteiger partial charge in [-0.1, -0.05) is 37.1 Å². The largest absolute Gasteiger partial charge is 0.432 e. The maximum atomic E-state index is 13.6. The molecule has 0 aliphatic carbocycles. The van der Waals surface area contributed by atoms with Gasteiger partial charge in [-0.25, -0.2) is 0 Å². The van der Waals surface area contributed by atoms with E-state index in [0.717, 1.165) is 17.4 Å². The van der Waals surface area contributed by atoms with E-state index in [0.29, 0.717) is 11.6 Å². The van der Waals surface area contributed by atoms with Crippen molar-refractivity contribution in [2.45, 2.75) is 32.7 Å². The van der Waals surface area contributed by atoms with Gasteiger partial charge >= 0.3 is 6.18 Å². The lowest BCUT2D eigenvalue weighted by atomic mass is 10.0. The van der Waals surface area contributed by atoms with Gasteiger partial charge in [0.2, 0.25) is 0 Å². The molecule has 0 bridgehead atoms. The zero-order valence-corrected chi connectivity index (χ0v) is 13.8. The van der Waals surface area contributed by atoms with E-state index in [2.05, 4.69) is 0 Å². The molecule has 3 nitrogen and oxygen atoms in total. The summed E-state index contributed by atoms with van der Waals surface area (Å²) in [6, 6.07) is 7.76. The second-order valence-corrected chi connectivity index (χ2v) is 5.68. The second kappa shape index (κ2) is 7.73. The first-order valence-electron chi connectivity index (χ1n) is 7.42. The van der Waals surface area contributed by atoms with E-state index in [1.807, 2.05) is 13.0 Å². The number of rotatable bonds is 6. The summed E-state index contributed by atoms with van der Waals surface area (Å²) in [6.45, 7) is 2.08. The van der Waals surface area contributed by atoms with Crippen LogP contribution in [-0.2, 0) is 17.6 Å². The fourth-order valence-corrected chi connectivity index (χ4v) is 2.49. The van der Waals surface area contributed by atoms with Crippen molar-refractivity contribution in [1.82, 2.24) is 4.57 Å². The molecule has 1 aromatic heterocycles. The Morgan fingerprint density at radius 3 is 2.46 bits per heavy atom. The fraction of sp³-hybridized carbons (Fsp3) is 0.353. The predicted molar refractivity (Wildman–Crippen MR) is 85.5 cm³/mol. The summed E-state index contributed by atoms with van der Waals surface area (Å²) in [7, 11) is 0. The van der Waals surface area contributed by atoms with Gasteiger partial charge in [-0.2, -0.15) is 18.4 Å². The Labute approximate surface area is 143 Å². The Morgan fingerprint density at radius 1 is 1.25 bits per heavy atom. The summed E-state index contributed by atoms with van der Waals surface area (Å²) in [5, 5.41) is 9.66. The number of aromatic nitrogens is 1. The van der Waals surface area contributed by atoms with Crippen LogP contribution in [0.2, 0.25) is 5.02 Å². The summed E-state index contributed by atoms with van der Waals surface area (Å²) in [4.78, 5) is 0. The molecule has 24 heavy (non-hydrogen) atoms. The second-order valence-electron chi connectivity index (χ2n) is 5.24. The van der Waals surface area contributed by atoms with Gasteiger partial charge < -0.3 is 9.30 Å². The van der Waals surface area contributed by atoms with E-state index in [9.17, 15) is 18.4 Å². The van der Waals surface area contributed by atoms with Gasteiger partial charge in [-0.15, -0.1) is 0 Å². The van der Waals surface area contributed by atoms with Crippen LogP contribution in [0.3, 0.4) is 0 Å². The molecule has 0 spiro atoms. The number of halogens is 4. The molecule has 0 N–H and O–H groups in total. The average Bonchev–Trinajstić information content (AvgIpc) is 2.91. The highest BCUT2D eigenvalue weighted by Gasteiger charge is 2.39. The molecule has 0 amide bonds. The number of nitrogens with zero attached hydrogens (tertiary/aromatic N) is 2. The van der Waals surface area contributed by atoms with E-state index < -0.39 is 11.9 Å². The number of nitriles is 1. The van der Waals surface area contributed by atoms with Gasteiger partial charge in [-0.05, 0) is 24.1 Å². The number of hydrogen-bond donors (Lipinski definition) is 0. The van der Waals surface area contributed by atoms with Crippen molar-refractivity contribution >= 4 is 11.6 Å². The van der Waals surface area contributed by atoms with Crippen molar-refractivity contribution in [3.05, 3.63) is 46.7 Å². The Bertz CT molecular complexity index is 730. The van der Waals surface area contributed by atoms with Crippen LogP contribution < -0.4 is 0 Å². The SMILES string of the molecule is CCCCOCn1cc(C#N)c(-c2ccc(Cl)cc2)c1C(F)(F)F. The van der Waals surface area contributed by atoms with Crippen molar-refractivity contribution in [1.29, 1.82) is 5.26 Å². The minimum atomic E-state index is -4.61. The summed E-state index contributed by atoms with van der Waals surface area (Å²) < 4.78 is 47.0. The van der Waals surface area contributed by atoms with Crippen LogP contribution in [0, 0.1) is 11.3 Å². The molecular weight excluding hydrogens is 341 g/mol. The van der Waals surface area contributed by atoms with Gasteiger partial charge in [-0.3, -0.25) is 0 Å². The van der Waals surface area contributed by atoms with Crippen molar-refractivity contribution in [3.63, 3.8) is 0 Å². The molecule has 0 fully saturated rings. The molecule has 2 aromatic rings. The molecule has 128 valence electrons. The zero-order chi connectivity index (χ0) is 17.7. The molecule has 1 aromatic carbocycles. The van der Waals surface area contributed by atoms with Crippen LogP contribution in [0.25, 0.3) is 11.1 Å². The lowest BCUT2D eigenvalue weighted by Gasteiger charge is -2.14. The summed E-state index contributed by atoms with van der Waals surface area (Å²) in [6.07, 6.45) is -1.79. The molecule has 0 aliphatic rings. The highest BCUT2D eigenvalue weighted by atomic mass is 35.5. The third-order valence-electron chi connectivity index (χ3n) is 3.47. The highest BCUT2D eigenvalue weighted by Crippen LogP contribution is 2.40. The summed E-state index contributed by atoms with van der Waals surface area (Å²) >= 11 is 5.79. The van der Waals surface area contributed by atoms with Crippen LogP contribution in [0.1, 0.15) is 31.0 Å². The Hall–Kier alpha value is -1.97. The zero-order valence-electron chi connectivity index (χ0n) is 13.0. The molecule has 0 saturated carbocycles. The van der Waals surface area contributed by atoms with Crippen molar-refractivity contribution in [2.24, 2.45) is 0 Å². The molecule has 0 saturated heterocycles. The Balaban J connectivity index is 2.50. The number of benzene rings is 1. The first kappa shape index (κ1) is 18.4. The predicted octanol–water partition coefficient (Wildman–Crippen LogP) is 5.47. The number of alkyl halides is 3. The lowest BCUT2D eigenvalue weighted by molar-refractivity contribution is -0.145. The number of ether oxygens (including phenoxy) is 1. The van der Waals surface area contributed by atoms with E-state index in [1.165, 1.54) is 30.5 Å². The molecule has 0 aliphatic heterocycles. The summed E-state index contributed by atoms with van der Waals surface area (Å²) in [5.41, 5.74) is -0.807. The molecule has 7 heteroatoms. The van der Waals surface area contributed by atoms with Crippen LogP contribution in [-0.4, -0.2) is 11.2 Å². The van der Waals surface area contributed by atoms with Gasteiger partial charge in [0.1, 0.15) is 18.5 Å². The van der Waals surface area contributed by atoms with E-state index in [4.69, 9.17) is 16.3 Å². The van der Waals surface area contributed by atoms with Crippen LogP contribution >= 0.6 is 11.6 Å². The number of hydrogen-bond acceptors (Lipinski definition) is 2. The van der Waals surface area contributed by atoms with Gasteiger partial charge in [0, 0.05) is 23.4 Å². The standard InChI is InChI=1S/C17H16ClF3N2O/c1-2-3-8-24-11-23-10-13(9-22)15(16(23)17(19,20)21)12-4-6-14(18)7-5-12/h4-7,10H,2-3,8,11H2,1H3. The van der Waals surface area contributed by atoms with Gasteiger partial charge in [0.15, 0.2) is 0 Å². The molecule has 0 unspecified atom stereocenters. The monoisotopic (exact) mass is 356 g/mol. The van der Waals surface area contributed by atoms with Gasteiger partial charge in [0.25, 0.3) is 0 Å². The molecule has 1 heterocycles. The smallest absolute Gasteiger partial charge is 0.361 e. The Morgan fingerprint density at radius 2 is 1.92 bits per heavy atom. The topological polar surface area (TPSA) is 38.0 Å². The van der Waals surface area contributed by atoms with E-state index in [-0.39, 0.29) is 23.4 Å². The molecular formula is C17H16ClF3N2O. The maximum absolute atomic E-state index is 13.6. The lowest BCUT2D eigenvalue weighted by Crippen LogP contribution is -2.16. The summed E-state index contributed by atoms with van der Waals surface area (Å²) in [5.74, 6) is 0. The third-order valence-corrected chi connectivity index (χ3v) is 3.72. The maximum Gasteiger partial charge on any atom is 0.432 e. The van der Waals surface area contributed by atoms with Crippen LogP contribution in [0.5, 0.6) is 0 Å². The van der Waals surface area contributed by atoms with E-state index >= 15 is 0 Å². The first-order chi connectivity index (χ1) is 11.4. The first-order valence-corrected chi connectivity index (χ1v) is 7.80. The third kappa shape index (κ3) is 4.11. The van der Waals surface area contributed by atoms with E-state index in [1.54, 1.807) is 0 Å². The van der Waals surface area contributed by atoms with Crippen molar-refractivity contribution in [3.8, 4) is 17.2 Å². The van der Waals surface area contributed by atoms with Crippen LogP contribution in [0.4, 0.5) is 13.2 Å². The molecule has 0 atom stereocenters. The highest BCUT2D eigenvalue weighted by molar-refractivity contribution is 6.30.